The van der Waals surface area contributed by atoms with Crippen LogP contribution in [0.4, 0.5) is 0 Å². The van der Waals surface area contributed by atoms with E-state index in [0.29, 0.717) is 0 Å². The van der Waals surface area contributed by atoms with E-state index in [2.05, 4.69) is 30.0 Å². The molecule has 1 atom stereocenters. The molecule has 0 spiro atoms. The lowest BCUT2D eigenvalue weighted by molar-refractivity contribution is 0.0330. The molecule has 6 heteroatoms. The fourth-order valence-electron chi connectivity index (χ4n) is 3.25. The third kappa shape index (κ3) is 4.43. The molecule has 0 aliphatic carbocycles. The SMILES string of the molecule is CC(Sc1nc(CN2CCOCC2)nc2ccccc12)c1ccccc1Cl. The quantitative estimate of drug-likeness (QED) is 0.447. The van der Waals surface area contributed by atoms with Crippen molar-refractivity contribution < 1.29 is 4.74 Å². The van der Waals surface area contributed by atoms with Gasteiger partial charge in [0.05, 0.1) is 25.3 Å². The van der Waals surface area contributed by atoms with Crippen LogP contribution in [-0.4, -0.2) is 41.2 Å². The lowest BCUT2D eigenvalue weighted by Gasteiger charge is -2.26. The molecule has 1 fully saturated rings. The molecule has 140 valence electrons. The van der Waals surface area contributed by atoms with Gasteiger partial charge in [-0.05, 0) is 24.6 Å². The number of para-hydroxylation sites is 1. The Morgan fingerprint density at radius 1 is 1.07 bits per heavy atom. The summed E-state index contributed by atoms with van der Waals surface area (Å²) < 4.78 is 5.45. The van der Waals surface area contributed by atoms with Crippen molar-refractivity contribution in [2.75, 3.05) is 26.3 Å². The first-order valence-corrected chi connectivity index (χ1v) is 10.4. The minimum absolute atomic E-state index is 0.202. The first-order chi connectivity index (χ1) is 13.2. The molecule has 2 heterocycles. The summed E-state index contributed by atoms with van der Waals surface area (Å²) in [5, 5.41) is 3.10. The Bertz CT molecular complexity index is 930. The monoisotopic (exact) mass is 399 g/mol. The number of nitrogens with zero attached hydrogens (tertiary/aromatic N) is 3. The zero-order valence-corrected chi connectivity index (χ0v) is 16.8. The second-order valence-electron chi connectivity index (χ2n) is 6.63. The van der Waals surface area contributed by atoms with Crippen molar-refractivity contribution in [2.45, 2.75) is 23.7 Å². The second kappa shape index (κ2) is 8.57. The van der Waals surface area contributed by atoms with Crippen LogP contribution in [0.15, 0.2) is 53.6 Å². The van der Waals surface area contributed by atoms with Gasteiger partial charge in [0, 0.05) is 28.7 Å². The molecule has 4 nitrogen and oxygen atoms in total. The molecule has 0 radical (unpaired) electrons. The Labute approximate surface area is 168 Å². The van der Waals surface area contributed by atoms with Gasteiger partial charge in [-0.15, -0.1) is 0 Å². The Morgan fingerprint density at radius 3 is 2.63 bits per heavy atom. The summed E-state index contributed by atoms with van der Waals surface area (Å²) in [6.45, 7) is 6.33. The van der Waals surface area contributed by atoms with Gasteiger partial charge in [0.15, 0.2) is 0 Å². The van der Waals surface area contributed by atoms with Crippen molar-refractivity contribution in [1.82, 2.24) is 14.9 Å². The van der Waals surface area contributed by atoms with Crippen molar-refractivity contribution >= 4 is 34.3 Å². The Hall–Kier alpha value is -1.66. The molecule has 1 aromatic heterocycles. The van der Waals surface area contributed by atoms with Crippen molar-refractivity contribution in [3.63, 3.8) is 0 Å². The molecule has 0 saturated carbocycles. The Morgan fingerprint density at radius 2 is 1.81 bits per heavy atom. The molecule has 4 rings (SSSR count). The molecule has 0 bridgehead atoms. The van der Waals surface area contributed by atoms with Gasteiger partial charge in [0.25, 0.3) is 0 Å². The maximum absolute atomic E-state index is 6.40. The van der Waals surface area contributed by atoms with E-state index < -0.39 is 0 Å². The number of halogens is 1. The van der Waals surface area contributed by atoms with E-state index in [4.69, 9.17) is 26.3 Å². The van der Waals surface area contributed by atoms with Crippen LogP contribution in [0.1, 0.15) is 23.6 Å². The standard InChI is InChI=1S/C21H22ClN3OS/c1-15(16-6-2-4-8-18(16)22)27-21-17-7-3-5-9-19(17)23-20(24-21)14-25-10-12-26-13-11-25/h2-9,15H,10-14H2,1H3. The average Bonchev–Trinajstić information content (AvgIpc) is 2.69. The smallest absolute Gasteiger partial charge is 0.144 e. The van der Waals surface area contributed by atoms with Crippen LogP contribution in [0.25, 0.3) is 10.9 Å². The summed E-state index contributed by atoms with van der Waals surface area (Å²) in [4.78, 5) is 12.1. The van der Waals surface area contributed by atoms with Crippen LogP contribution in [0.5, 0.6) is 0 Å². The summed E-state index contributed by atoms with van der Waals surface area (Å²) in [5.41, 5.74) is 2.12. The lowest BCUT2D eigenvalue weighted by atomic mass is 10.2. The highest BCUT2D eigenvalue weighted by Gasteiger charge is 2.17. The maximum atomic E-state index is 6.40. The van der Waals surface area contributed by atoms with Gasteiger partial charge in [-0.25, -0.2) is 9.97 Å². The Balaban J connectivity index is 1.64. The number of hydrogen-bond donors (Lipinski definition) is 0. The third-order valence-corrected chi connectivity index (χ3v) is 6.20. The van der Waals surface area contributed by atoms with Crippen LogP contribution in [0.2, 0.25) is 5.02 Å². The highest BCUT2D eigenvalue weighted by atomic mass is 35.5. The summed E-state index contributed by atoms with van der Waals surface area (Å²) in [7, 11) is 0. The minimum atomic E-state index is 0.202. The van der Waals surface area contributed by atoms with E-state index in [-0.39, 0.29) is 5.25 Å². The summed E-state index contributed by atoms with van der Waals surface area (Å²) in [5.74, 6) is 0.865. The first-order valence-electron chi connectivity index (χ1n) is 9.17. The molecule has 1 saturated heterocycles. The van der Waals surface area contributed by atoms with Crippen LogP contribution in [0.3, 0.4) is 0 Å². The van der Waals surface area contributed by atoms with Gasteiger partial charge in [0.1, 0.15) is 10.9 Å². The van der Waals surface area contributed by atoms with Crippen molar-refractivity contribution in [1.29, 1.82) is 0 Å². The second-order valence-corrected chi connectivity index (χ2v) is 8.37. The highest BCUT2D eigenvalue weighted by molar-refractivity contribution is 7.99. The third-order valence-electron chi connectivity index (χ3n) is 4.71. The molecular weight excluding hydrogens is 378 g/mol. The molecule has 1 aliphatic rings. The van der Waals surface area contributed by atoms with Crippen LogP contribution >= 0.6 is 23.4 Å². The number of fused-ring (bicyclic) bond motifs is 1. The summed E-state index contributed by atoms with van der Waals surface area (Å²) in [6.07, 6.45) is 0. The number of thioether (sulfide) groups is 1. The number of rotatable bonds is 5. The van der Waals surface area contributed by atoms with E-state index in [0.717, 1.165) is 65.2 Å². The van der Waals surface area contributed by atoms with Crippen LogP contribution in [0, 0.1) is 0 Å². The number of benzene rings is 2. The molecule has 2 aromatic carbocycles. The summed E-state index contributed by atoms with van der Waals surface area (Å²) in [6, 6.07) is 16.2. The van der Waals surface area contributed by atoms with Gasteiger partial charge < -0.3 is 4.74 Å². The maximum Gasteiger partial charge on any atom is 0.144 e. The predicted octanol–water partition coefficient (Wildman–Crippen LogP) is 4.97. The average molecular weight is 400 g/mol. The van der Waals surface area contributed by atoms with Gasteiger partial charge in [-0.1, -0.05) is 59.8 Å². The molecule has 0 N–H and O–H groups in total. The van der Waals surface area contributed by atoms with Gasteiger partial charge in [0.2, 0.25) is 0 Å². The summed E-state index contributed by atoms with van der Waals surface area (Å²) >= 11 is 8.14. The predicted molar refractivity (Wildman–Crippen MR) is 111 cm³/mol. The lowest BCUT2D eigenvalue weighted by Crippen LogP contribution is -2.36. The topological polar surface area (TPSA) is 38.2 Å². The fourth-order valence-corrected chi connectivity index (χ4v) is 4.74. The molecule has 0 amide bonds. The molecule has 27 heavy (non-hydrogen) atoms. The fraction of sp³-hybridized carbons (Fsp3) is 0.333. The van der Waals surface area contributed by atoms with Gasteiger partial charge in [-0.3, -0.25) is 4.90 Å². The number of aromatic nitrogens is 2. The van der Waals surface area contributed by atoms with E-state index in [1.807, 2.05) is 30.3 Å². The van der Waals surface area contributed by atoms with E-state index in [9.17, 15) is 0 Å². The van der Waals surface area contributed by atoms with Gasteiger partial charge in [-0.2, -0.15) is 0 Å². The van der Waals surface area contributed by atoms with Crippen molar-refractivity contribution in [3.05, 3.63) is 64.9 Å². The van der Waals surface area contributed by atoms with E-state index in [1.54, 1.807) is 11.8 Å². The normalized spacial score (nSPS) is 16.5. The van der Waals surface area contributed by atoms with Crippen molar-refractivity contribution in [3.8, 4) is 0 Å². The zero-order valence-electron chi connectivity index (χ0n) is 15.3. The van der Waals surface area contributed by atoms with Crippen LogP contribution in [-0.2, 0) is 11.3 Å². The van der Waals surface area contributed by atoms with Crippen LogP contribution < -0.4 is 0 Å². The molecule has 3 aromatic rings. The number of morpholine rings is 1. The largest absolute Gasteiger partial charge is 0.379 e. The molecule has 1 unspecified atom stereocenters. The highest BCUT2D eigenvalue weighted by Crippen LogP contribution is 2.39. The number of ether oxygens (including phenoxy) is 1. The van der Waals surface area contributed by atoms with E-state index >= 15 is 0 Å². The Kier molecular flexibility index (Phi) is 5.93. The number of hydrogen-bond acceptors (Lipinski definition) is 5. The molecule has 1 aliphatic heterocycles. The van der Waals surface area contributed by atoms with Gasteiger partial charge >= 0.3 is 0 Å². The van der Waals surface area contributed by atoms with Crippen molar-refractivity contribution in [2.24, 2.45) is 0 Å². The minimum Gasteiger partial charge on any atom is -0.379 e. The first kappa shape index (κ1) is 18.7. The zero-order chi connectivity index (χ0) is 18.6. The van der Waals surface area contributed by atoms with E-state index in [1.165, 1.54) is 0 Å². The molecular formula is C21H22ClN3OS.